The highest BCUT2D eigenvalue weighted by atomic mass is 35.5. The van der Waals surface area contributed by atoms with Crippen molar-refractivity contribution in [3.63, 3.8) is 0 Å². The van der Waals surface area contributed by atoms with Crippen LogP contribution in [0.25, 0.3) is 0 Å². The van der Waals surface area contributed by atoms with Crippen LogP contribution in [0.4, 0.5) is 4.39 Å². The molecule has 1 aromatic rings. The summed E-state index contributed by atoms with van der Waals surface area (Å²) in [5.74, 6) is -0.576. The Bertz CT molecular complexity index is 509. The Kier molecular flexibility index (Phi) is 3.70. The van der Waals surface area contributed by atoms with Crippen LogP contribution in [0.3, 0.4) is 0 Å². The smallest absolute Gasteiger partial charge is 0.178 e. The molecular weight excluding hydrogens is 267 g/mol. The van der Waals surface area contributed by atoms with Gasteiger partial charge in [-0.25, -0.2) is 12.8 Å². The Morgan fingerprint density at radius 1 is 1.47 bits per heavy atom. The van der Waals surface area contributed by atoms with Crippen LogP contribution in [0.2, 0.25) is 5.02 Å². The van der Waals surface area contributed by atoms with E-state index in [4.69, 9.17) is 16.3 Å². The van der Waals surface area contributed by atoms with E-state index in [-0.39, 0.29) is 21.6 Å². The number of ether oxygens (including phenoxy) is 1. The lowest BCUT2D eigenvalue weighted by atomic mass is 10.2. The first-order chi connectivity index (χ1) is 7.99. The largest absolute Gasteiger partial charge is 0.381 e. The molecule has 0 bridgehead atoms. The van der Waals surface area contributed by atoms with Crippen LogP contribution >= 0.6 is 11.6 Å². The molecule has 1 aromatic carbocycles. The number of hydrogen-bond acceptors (Lipinski definition) is 3. The minimum Gasteiger partial charge on any atom is -0.381 e. The van der Waals surface area contributed by atoms with Crippen molar-refractivity contribution in [1.29, 1.82) is 0 Å². The molecule has 0 saturated carbocycles. The molecule has 94 valence electrons. The average Bonchev–Trinajstić information content (AvgIpc) is 2.73. The van der Waals surface area contributed by atoms with Gasteiger partial charge in [-0.2, -0.15) is 0 Å². The molecule has 1 aliphatic heterocycles. The SMILES string of the molecule is O=S(=O)(CC1CCOC1)c1ccc(F)c(Cl)c1. The van der Waals surface area contributed by atoms with Gasteiger partial charge in [-0.05, 0) is 30.5 Å². The van der Waals surface area contributed by atoms with E-state index >= 15 is 0 Å². The molecule has 1 atom stereocenters. The van der Waals surface area contributed by atoms with Crippen LogP contribution < -0.4 is 0 Å². The van der Waals surface area contributed by atoms with Crippen molar-refractivity contribution < 1.29 is 17.5 Å². The van der Waals surface area contributed by atoms with Crippen molar-refractivity contribution in [3.05, 3.63) is 29.0 Å². The van der Waals surface area contributed by atoms with Gasteiger partial charge in [0.2, 0.25) is 0 Å². The van der Waals surface area contributed by atoms with E-state index in [9.17, 15) is 12.8 Å². The molecular formula is C11H12ClFO3S. The second kappa shape index (κ2) is 4.92. The van der Waals surface area contributed by atoms with Crippen molar-refractivity contribution in [2.45, 2.75) is 11.3 Å². The lowest BCUT2D eigenvalue weighted by Gasteiger charge is -2.09. The summed E-state index contributed by atoms with van der Waals surface area (Å²) in [6.07, 6.45) is 0.744. The lowest BCUT2D eigenvalue weighted by molar-refractivity contribution is 0.188. The van der Waals surface area contributed by atoms with E-state index in [2.05, 4.69) is 0 Å². The van der Waals surface area contributed by atoms with E-state index in [1.54, 1.807) is 0 Å². The van der Waals surface area contributed by atoms with Gasteiger partial charge in [-0.3, -0.25) is 0 Å². The van der Waals surface area contributed by atoms with Crippen LogP contribution in [0.15, 0.2) is 23.1 Å². The monoisotopic (exact) mass is 278 g/mol. The molecule has 0 aromatic heterocycles. The summed E-state index contributed by atoms with van der Waals surface area (Å²) in [5.41, 5.74) is 0. The van der Waals surface area contributed by atoms with Crippen LogP contribution in [-0.2, 0) is 14.6 Å². The molecule has 1 fully saturated rings. The third kappa shape index (κ3) is 2.97. The van der Waals surface area contributed by atoms with Gasteiger partial charge in [0, 0.05) is 6.61 Å². The number of sulfone groups is 1. The zero-order valence-corrected chi connectivity index (χ0v) is 10.6. The molecule has 2 rings (SSSR count). The highest BCUT2D eigenvalue weighted by molar-refractivity contribution is 7.91. The lowest BCUT2D eigenvalue weighted by Crippen LogP contribution is -2.16. The first kappa shape index (κ1) is 12.8. The quantitative estimate of drug-likeness (QED) is 0.797. The normalized spacial score (nSPS) is 20.7. The summed E-state index contributed by atoms with van der Waals surface area (Å²) in [4.78, 5) is 0.0656. The van der Waals surface area contributed by atoms with Crippen LogP contribution in [-0.4, -0.2) is 27.4 Å². The highest BCUT2D eigenvalue weighted by Gasteiger charge is 2.25. The van der Waals surface area contributed by atoms with Gasteiger partial charge in [0.05, 0.1) is 22.3 Å². The van der Waals surface area contributed by atoms with E-state index in [0.717, 1.165) is 18.6 Å². The predicted octanol–water partition coefficient (Wildman–Crippen LogP) is 2.29. The summed E-state index contributed by atoms with van der Waals surface area (Å²) in [5, 5.41) is -0.172. The van der Waals surface area contributed by atoms with Crippen LogP contribution in [0, 0.1) is 11.7 Å². The predicted molar refractivity (Wildman–Crippen MR) is 62.4 cm³/mol. The topological polar surface area (TPSA) is 43.4 Å². The van der Waals surface area contributed by atoms with E-state index in [1.165, 1.54) is 6.07 Å². The zero-order valence-electron chi connectivity index (χ0n) is 9.03. The molecule has 0 aliphatic carbocycles. The minimum absolute atomic E-state index is 0.0174. The zero-order chi connectivity index (χ0) is 12.5. The Hall–Kier alpha value is -0.650. The molecule has 0 amide bonds. The Labute approximate surface area is 104 Å². The molecule has 1 unspecified atom stereocenters. The number of halogens is 2. The Balaban J connectivity index is 2.21. The fourth-order valence-corrected chi connectivity index (χ4v) is 3.69. The molecule has 6 heteroatoms. The number of rotatable bonds is 3. The van der Waals surface area contributed by atoms with Gasteiger partial charge in [0.25, 0.3) is 0 Å². The Morgan fingerprint density at radius 3 is 2.82 bits per heavy atom. The van der Waals surface area contributed by atoms with Crippen molar-refractivity contribution in [1.82, 2.24) is 0 Å². The van der Waals surface area contributed by atoms with Crippen LogP contribution in [0.5, 0.6) is 0 Å². The highest BCUT2D eigenvalue weighted by Crippen LogP contribution is 2.23. The molecule has 3 nitrogen and oxygen atoms in total. The van der Waals surface area contributed by atoms with Gasteiger partial charge in [-0.1, -0.05) is 11.6 Å². The third-order valence-corrected chi connectivity index (χ3v) is 4.90. The summed E-state index contributed by atoms with van der Waals surface area (Å²) >= 11 is 5.57. The van der Waals surface area contributed by atoms with Crippen LogP contribution in [0.1, 0.15) is 6.42 Å². The number of benzene rings is 1. The average molecular weight is 279 g/mol. The summed E-state index contributed by atoms with van der Waals surface area (Å²) in [6, 6.07) is 3.47. The first-order valence-corrected chi connectivity index (χ1v) is 7.27. The molecule has 17 heavy (non-hydrogen) atoms. The maximum atomic E-state index is 12.9. The minimum atomic E-state index is -3.41. The number of hydrogen-bond donors (Lipinski definition) is 0. The second-order valence-electron chi connectivity index (χ2n) is 4.09. The summed E-state index contributed by atoms with van der Waals surface area (Å²) < 4.78 is 42.1. The van der Waals surface area contributed by atoms with Gasteiger partial charge >= 0.3 is 0 Å². The maximum Gasteiger partial charge on any atom is 0.178 e. The van der Waals surface area contributed by atoms with Gasteiger partial charge in [-0.15, -0.1) is 0 Å². The van der Waals surface area contributed by atoms with Gasteiger partial charge in [0.1, 0.15) is 5.82 Å². The van der Waals surface area contributed by atoms with E-state index in [0.29, 0.717) is 13.2 Å². The van der Waals surface area contributed by atoms with Gasteiger partial charge < -0.3 is 4.74 Å². The molecule has 1 heterocycles. The fraction of sp³-hybridized carbons (Fsp3) is 0.455. The van der Waals surface area contributed by atoms with Gasteiger partial charge in [0.15, 0.2) is 9.84 Å². The van der Waals surface area contributed by atoms with Crippen molar-refractivity contribution in [2.75, 3.05) is 19.0 Å². The maximum absolute atomic E-state index is 12.9. The first-order valence-electron chi connectivity index (χ1n) is 5.24. The summed E-state index contributed by atoms with van der Waals surface area (Å²) in [6.45, 7) is 1.07. The van der Waals surface area contributed by atoms with Crippen molar-refractivity contribution in [2.24, 2.45) is 5.92 Å². The van der Waals surface area contributed by atoms with Crippen molar-refractivity contribution in [3.8, 4) is 0 Å². The molecule has 0 radical (unpaired) electrons. The third-order valence-electron chi connectivity index (χ3n) is 2.73. The molecule has 1 aliphatic rings. The molecule has 1 saturated heterocycles. The molecule has 0 N–H and O–H groups in total. The fourth-order valence-electron chi connectivity index (χ4n) is 1.79. The Morgan fingerprint density at radius 2 is 2.24 bits per heavy atom. The van der Waals surface area contributed by atoms with E-state index in [1.807, 2.05) is 0 Å². The standard InChI is InChI=1S/C11H12ClFO3S/c12-10-5-9(1-2-11(10)13)17(14,15)7-8-3-4-16-6-8/h1-2,5,8H,3-4,6-7H2. The van der Waals surface area contributed by atoms with Crippen molar-refractivity contribution >= 4 is 21.4 Å². The molecule has 0 spiro atoms. The summed E-state index contributed by atoms with van der Waals surface area (Å²) in [7, 11) is -3.41. The van der Waals surface area contributed by atoms with E-state index < -0.39 is 15.7 Å². The second-order valence-corrected chi connectivity index (χ2v) is 6.53.